The molecular formula is C22H17NO3S2. The van der Waals surface area contributed by atoms with Gasteiger partial charge in [-0.05, 0) is 40.1 Å². The van der Waals surface area contributed by atoms with Crippen LogP contribution in [0.3, 0.4) is 0 Å². The Kier molecular flexibility index (Phi) is 5.32. The quantitative estimate of drug-likeness (QED) is 0.481. The monoisotopic (exact) mass is 407 g/mol. The molecule has 6 heteroatoms. The number of methoxy groups -OCH3 is 1. The molecule has 0 bridgehead atoms. The van der Waals surface area contributed by atoms with Gasteiger partial charge in [-0.15, -0.1) is 0 Å². The standard InChI is InChI=1S/C22H17NO3S2/c1-25-19-11-14(12-20-21(24)23-22(27)28-20)9-10-18(19)26-13-16-7-4-6-15-5-2-3-8-17(15)16/h2-12H,13H2,1H3,(H,23,24,27). The highest BCUT2D eigenvalue weighted by atomic mass is 32.2. The molecule has 0 radical (unpaired) electrons. The van der Waals surface area contributed by atoms with Crippen molar-refractivity contribution in [3.63, 3.8) is 0 Å². The molecule has 140 valence electrons. The van der Waals surface area contributed by atoms with Crippen molar-refractivity contribution in [2.75, 3.05) is 7.11 Å². The number of ether oxygens (including phenoxy) is 2. The van der Waals surface area contributed by atoms with Crippen LogP contribution in [0.5, 0.6) is 11.5 Å². The fourth-order valence-corrected chi connectivity index (χ4v) is 4.08. The summed E-state index contributed by atoms with van der Waals surface area (Å²) in [6, 6.07) is 20.0. The van der Waals surface area contributed by atoms with E-state index in [1.54, 1.807) is 13.2 Å². The predicted octanol–water partition coefficient (Wildman–Crippen LogP) is 4.92. The summed E-state index contributed by atoms with van der Waals surface area (Å²) in [5, 5.41) is 4.97. The molecule has 1 saturated heterocycles. The number of thiocarbonyl (C=S) groups is 1. The zero-order chi connectivity index (χ0) is 19.5. The Balaban J connectivity index is 1.56. The second-order valence-corrected chi connectivity index (χ2v) is 7.91. The third kappa shape index (κ3) is 3.88. The summed E-state index contributed by atoms with van der Waals surface area (Å²) in [5.41, 5.74) is 1.95. The smallest absolute Gasteiger partial charge is 0.263 e. The Morgan fingerprint density at radius 3 is 2.68 bits per heavy atom. The lowest BCUT2D eigenvalue weighted by Gasteiger charge is -2.13. The van der Waals surface area contributed by atoms with Crippen molar-refractivity contribution < 1.29 is 14.3 Å². The van der Waals surface area contributed by atoms with E-state index in [1.165, 1.54) is 22.5 Å². The van der Waals surface area contributed by atoms with Crippen LogP contribution in [0.25, 0.3) is 16.8 Å². The molecule has 1 fully saturated rings. The largest absolute Gasteiger partial charge is 0.493 e. The molecule has 4 nitrogen and oxygen atoms in total. The van der Waals surface area contributed by atoms with Crippen LogP contribution in [0.1, 0.15) is 11.1 Å². The number of fused-ring (bicyclic) bond motifs is 1. The van der Waals surface area contributed by atoms with E-state index in [2.05, 4.69) is 29.6 Å². The van der Waals surface area contributed by atoms with Crippen LogP contribution >= 0.6 is 24.0 Å². The zero-order valence-corrected chi connectivity index (χ0v) is 16.7. The Morgan fingerprint density at radius 1 is 1.07 bits per heavy atom. The van der Waals surface area contributed by atoms with Crippen molar-refractivity contribution in [1.29, 1.82) is 0 Å². The maximum absolute atomic E-state index is 11.8. The van der Waals surface area contributed by atoms with Gasteiger partial charge in [-0.2, -0.15) is 0 Å². The Morgan fingerprint density at radius 2 is 1.89 bits per heavy atom. The van der Waals surface area contributed by atoms with E-state index < -0.39 is 0 Å². The van der Waals surface area contributed by atoms with E-state index in [0.29, 0.717) is 27.3 Å². The number of hydrogen-bond acceptors (Lipinski definition) is 5. The lowest BCUT2D eigenvalue weighted by atomic mass is 10.1. The van der Waals surface area contributed by atoms with Crippen molar-refractivity contribution in [1.82, 2.24) is 5.32 Å². The average Bonchev–Trinajstić information content (AvgIpc) is 3.03. The van der Waals surface area contributed by atoms with Crippen molar-refractivity contribution in [3.05, 3.63) is 76.7 Å². The molecule has 0 aliphatic carbocycles. The van der Waals surface area contributed by atoms with Gasteiger partial charge in [-0.1, -0.05) is 72.5 Å². The number of rotatable bonds is 5. The van der Waals surface area contributed by atoms with Crippen LogP contribution in [0.15, 0.2) is 65.6 Å². The third-order valence-corrected chi connectivity index (χ3v) is 5.55. The molecule has 0 aromatic heterocycles. The van der Waals surface area contributed by atoms with Crippen LogP contribution < -0.4 is 14.8 Å². The van der Waals surface area contributed by atoms with Gasteiger partial charge in [-0.3, -0.25) is 4.79 Å². The van der Waals surface area contributed by atoms with Gasteiger partial charge in [0.25, 0.3) is 5.91 Å². The molecule has 4 rings (SSSR count). The van der Waals surface area contributed by atoms with Gasteiger partial charge in [0.05, 0.1) is 12.0 Å². The number of carbonyl (C=O) groups is 1. The van der Waals surface area contributed by atoms with Crippen molar-refractivity contribution in [2.24, 2.45) is 0 Å². The number of nitrogens with one attached hydrogen (secondary N) is 1. The molecule has 0 spiro atoms. The summed E-state index contributed by atoms with van der Waals surface area (Å²) >= 11 is 6.27. The fraction of sp³-hybridized carbons (Fsp3) is 0.0909. The van der Waals surface area contributed by atoms with Crippen LogP contribution in [0.4, 0.5) is 0 Å². The Hall–Kier alpha value is -2.83. The van der Waals surface area contributed by atoms with Gasteiger partial charge in [0, 0.05) is 0 Å². The van der Waals surface area contributed by atoms with Crippen LogP contribution in [0, 0.1) is 0 Å². The highest BCUT2D eigenvalue weighted by Crippen LogP contribution is 2.32. The van der Waals surface area contributed by atoms with E-state index >= 15 is 0 Å². The van der Waals surface area contributed by atoms with Gasteiger partial charge in [0.1, 0.15) is 10.9 Å². The van der Waals surface area contributed by atoms with Crippen molar-refractivity contribution in [2.45, 2.75) is 6.61 Å². The summed E-state index contributed by atoms with van der Waals surface area (Å²) < 4.78 is 12.0. The van der Waals surface area contributed by atoms with E-state index in [0.717, 1.165) is 11.1 Å². The molecule has 3 aromatic rings. The molecule has 28 heavy (non-hydrogen) atoms. The van der Waals surface area contributed by atoms with E-state index in [-0.39, 0.29) is 5.91 Å². The zero-order valence-electron chi connectivity index (χ0n) is 15.1. The van der Waals surface area contributed by atoms with E-state index in [4.69, 9.17) is 21.7 Å². The SMILES string of the molecule is COc1cc(C=C2SC(=S)NC2=O)ccc1OCc1cccc2ccccc12. The van der Waals surface area contributed by atoms with Gasteiger partial charge < -0.3 is 14.8 Å². The Bertz CT molecular complexity index is 1100. The number of thioether (sulfide) groups is 1. The van der Waals surface area contributed by atoms with E-state index in [9.17, 15) is 4.79 Å². The first-order chi connectivity index (χ1) is 13.6. The molecule has 0 atom stereocenters. The second-order valence-electron chi connectivity index (χ2n) is 6.19. The third-order valence-electron chi connectivity index (χ3n) is 4.39. The van der Waals surface area contributed by atoms with Gasteiger partial charge in [0.2, 0.25) is 0 Å². The lowest BCUT2D eigenvalue weighted by Crippen LogP contribution is -2.17. The first-order valence-electron chi connectivity index (χ1n) is 8.66. The first-order valence-corrected chi connectivity index (χ1v) is 9.89. The lowest BCUT2D eigenvalue weighted by molar-refractivity contribution is -0.115. The number of amides is 1. The summed E-state index contributed by atoms with van der Waals surface area (Å²) in [4.78, 5) is 12.4. The molecule has 3 aromatic carbocycles. The summed E-state index contributed by atoms with van der Waals surface area (Å²) in [5.74, 6) is 1.09. The number of hydrogen-bond donors (Lipinski definition) is 1. The molecule has 1 amide bonds. The summed E-state index contributed by atoms with van der Waals surface area (Å²) in [6.45, 7) is 0.435. The van der Waals surface area contributed by atoms with E-state index in [1.807, 2.05) is 36.4 Å². The first kappa shape index (κ1) is 18.5. The predicted molar refractivity (Wildman–Crippen MR) is 118 cm³/mol. The van der Waals surface area contributed by atoms with Crippen LogP contribution in [-0.4, -0.2) is 17.3 Å². The highest BCUT2D eigenvalue weighted by Gasteiger charge is 2.22. The minimum atomic E-state index is -0.176. The maximum atomic E-state index is 11.8. The molecule has 1 heterocycles. The normalized spacial score (nSPS) is 15.1. The average molecular weight is 408 g/mol. The molecule has 0 saturated carbocycles. The van der Waals surface area contributed by atoms with Gasteiger partial charge in [0.15, 0.2) is 11.5 Å². The molecule has 1 N–H and O–H groups in total. The molecular weight excluding hydrogens is 390 g/mol. The molecule has 1 aliphatic heterocycles. The van der Waals surface area contributed by atoms with Gasteiger partial charge >= 0.3 is 0 Å². The van der Waals surface area contributed by atoms with Crippen molar-refractivity contribution in [3.8, 4) is 11.5 Å². The highest BCUT2D eigenvalue weighted by molar-refractivity contribution is 8.26. The van der Waals surface area contributed by atoms with Crippen LogP contribution in [-0.2, 0) is 11.4 Å². The van der Waals surface area contributed by atoms with Gasteiger partial charge in [-0.25, -0.2) is 0 Å². The number of benzene rings is 3. The second kappa shape index (κ2) is 8.04. The number of carbonyl (C=O) groups excluding carboxylic acids is 1. The molecule has 0 unspecified atom stereocenters. The van der Waals surface area contributed by atoms with Crippen LogP contribution in [0.2, 0.25) is 0 Å². The Labute approximate surface area is 172 Å². The maximum Gasteiger partial charge on any atom is 0.263 e. The molecule has 1 aliphatic rings. The topological polar surface area (TPSA) is 47.6 Å². The minimum absolute atomic E-state index is 0.176. The minimum Gasteiger partial charge on any atom is -0.493 e. The summed E-state index contributed by atoms with van der Waals surface area (Å²) in [6.07, 6.45) is 1.79. The summed E-state index contributed by atoms with van der Waals surface area (Å²) in [7, 11) is 1.60. The van der Waals surface area contributed by atoms with Crippen molar-refractivity contribution >= 4 is 51.1 Å². The fourth-order valence-electron chi connectivity index (χ4n) is 3.04.